The highest BCUT2D eigenvalue weighted by molar-refractivity contribution is 7.16. The largest absolute Gasteiger partial charge is 0.314 e. The zero-order valence-corrected chi connectivity index (χ0v) is 12.6. The Morgan fingerprint density at radius 3 is 3.06 bits per heavy atom. The third-order valence-corrected chi connectivity index (χ3v) is 4.58. The van der Waals surface area contributed by atoms with Crippen molar-refractivity contribution >= 4 is 29.0 Å². The molecule has 2 nitrogen and oxygen atoms in total. The van der Waals surface area contributed by atoms with E-state index in [1.165, 1.54) is 4.88 Å². The molecule has 2 heterocycles. The third-order valence-electron chi connectivity index (χ3n) is 3.38. The van der Waals surface area contributed by atoms with Crippen LogP contribution in [-0.2, 0) is 0 Å². The van der Waals surface area contributed by atoms with Gasteiger partial charge in [-0.05, 0) is 24.1 Å². The molecule has 0 radical (unpaired) electrons. The van der Waals surface area contributed by atoms with Gasteiger partial charge in [-0.25, -0.2) is 0 Å². The Bertz CT molecular complexity index is 400. The number of thiophene rings is 1. The highest BCUT2D eigenvalue weighted by Gasteiger charge is 2.23. The highest BCUT2D eigenvalue weighted by Crippen LogP contribution is 2.22. The van der Waals surface area contributed by atoms with Gasteiger partial charge in [-0.2, -0.15) is 0 Å². The number of rotatable bonds is 4. The molecule has 1 saturated heterocycles. The van der Waals surface area contributed by atoms with Crippen LogP contribution in [0.4, 0.5) is 0 Å². The summed E-state index contributed by atoms with van der Waals surface area (Å²) in [4.78, 5) is 3.80. The van der Waals surface area contributed by atoms with Gasteiger partial charge >= 0.3 is 0 Å². The molecule has 18 heavy (non-hydrogen) atoms. The van der Waals surface area contributed by atoms with E-state index >= 15 is 0 Å². The first-order valence-electron chi connectivity index (χ1n) is 6.53. The van der Waals surface area contributed by atoms with E-state index in [0.717, 1.165) is 30.5 Å². The Morgan fingerprint density at radius 1 is 1.56 bits per heavy atom. The van der Waals surface area contributed by atoms with E-state index in [-0.39, 0.29) is 0 Å². The van der Waals surface area contributed by atoms with E-state index < -0.39 is 0 Å². The van der Waals surface area contributed by atoms with E-state index in [9.17, 15) is 0 Å². The number of nitrogens with zero attached hydrogens (tertiary/aromatic N) is 1. The fourth-order valence-electron chi connectivity index (χ4n) is 2.37. The standard InChI is InChI=1S/C14H21ClN2S/c1-11(2)13-10-16-7-9-17(13)8-3-4-12-5-6-14(15)18-12/h3-6,11,13,16H,7-10H2,1-2H3. The molecule has 1 N–H and O–H groups in total. The van der Waals surface area contributed by atoms with Gasteiger partial charge in [0.25, 0.3) is 0 Å². The number of hydrogen-bond donors (Lipinski definition) is 1. The number of halogens is 1. The molecule has 1 aliphatic heterocycles. The molecule has 1 atom stereocenters. The van der Waals surface area contributed by atoms with E-state index in [4.69, 9.17) is 11.6 Å². The van der Waals surface area contributed by atoms with Crippen LogP contribution in [0.5, 0.6) is 0 Å². The van der Waals surface area contributed by atoms with E-state index in [1.807, 2.05) is 6.07 Å². The number of piperazine rings is 1. The zero-order valence-electron chi connectivity index (χ0n) is 11.0. The molecule has 0 amide bonds. The van der Waals surface area contributed by atoms with Crippen molar-refractivity contribution in [3.8, 4) is 0 Å². The Labute approximate surface area is 119 Å². The first-order chi connectivity index (χ1) is 8.66. The van der Waals surface area contributed by atoms with Crippen LogP contribution in [0.1, 0.15) is 18.7 Å². The van der Waals surface area contributed by atoms with Crippen molar-refractivity contribution in [2.45, 2.75) is 19.9 Å². The lowest BCUT2D eigenvalue weighted by atomic mass is 10.0. The minimum absolute atomic E-state index is 0.648. The summed E-state index contributed by atoms with van der Waals surface area (Å²) in [6, 6.07) is 4.67. The zero-order chi connectivity index (χ0) is 13.0. The lowest BCUT2D eigenvalue weighted by molar-refractivity contribution is 0.139. The van der Waals surface area contributed by atoms with Gasteiger partial charge in [-0.3, -0.25) is 4.90 Å². The summed E-state index contributed by atoms with van der Waals surface area (Å²) in [5.74, 6) is 0.697. The van der Waals surface area contributed by atoms with Gasteiger partial charge in [-0.1, -0.05) is 31.5 Å². The molecule has 2 rings (SSSR count). The van der Waals surface area contributed by atoms with Crippen molar-refractivity contribution < 1.29 is 0 Å². The predicted molar refractivity (Wildman–Crippen MR) is 81.4 cm³/mol. The van der Waals surface area contributed by atoms with Crippen LogP contribution in [0, 0.1) is 5.92 Å². The minimum Gasteiger partial charge on any atom is -0.314 e. The van der Waals surface area contributed by atoms with Crippen molar-refractivity contribution in [3.63, 3.8) is 0 Å². The van der Waals surface area contributed by atoms with Gasteiger partial charge in [0, 0.05) is 37.1 Å². The molecule has 1 fully saturated rings. The minimum atomic E-state index is 0.648. The molecular weight excluding hydrogens is 264 g/mol. The second-order valence-electron chi connectivity index (χ2n) is 5.05. The Balaban J connectivity index is 1.89. The van der Waals surface area contributed by atoms with Crippen LogP contribution >= 0.6 is 22.9 Å². The van der Waals surface area contributed by atoms with Crippen molar-refractivity contribution in [3.05, 3.63) is 27.4 Å². The maximum atomic E-state index is 5.92. The number of hydrogen-bond acceptors (Lipinski definition) is 3. The summed E-state index contributed by atoms with van der Waals surface area (Å²) >= 11 is 7.55. The summed E-state index contributed by atoms with van der Waals surface area (Å²) < 4.78 is 0.858. The first kappa shape index (κ1) is 14.1. The van der Waals surface area contributed by atoms with Gasteiger partial charge in [0.1, 0.15) is 0 Å². The first-order valence-corrected chi connectivity index (χ1v) is 7.73. The molecule has 0 saturated carbocycles. The van der Waals surface area contributed by atoms with Crippen LogP contribution < -0.4 is 5.32 Å². The fourth-order valence-corrected chi connectivity index (χ4v) is 3.37. The molecule has 0 spiro atoms. The molecule has 100 valence electrons. The average Bonchev–Trinajstić information content (AvgIpc) is 2.75. The van der Waals surface area contributed by atoms with E-state index in [2.05, 4.69) is 42.3 Å². The van der Waals surface area contributed by atoms with Gasteiger partial charge in [0.15, 0.2) is 0 Å². The maximum Gasteiger partial charge on any atom is 0.0934 e. The van der Waals surface area contributed by atoms with Crippen LogP contribution in [-0.4, -0.2) is 37.1 Å². The molecule has 0 aliphatic carbocycles. The number of nitrogens with one attached hydrogen (secondary N) is 1. The smallest absolute Gasteiger partial charge is 0.0934 e. The van der Waals surface area contributed by atoms with Crippen molar-refractivity contribution in [2.75, 3.05) is 26.2 Å². The average molecular weight is 285 g/mol. The van der Waals surface area contributed by atoms with Crippen LogP contribution in [0.15, 0.2) is 18.2 Å². The molecule has 1 aliphatic rings. The summed E-state index contributed by atoms with van der Waals surface area (Å²) in [7, 11) is 0. The fraction of sp³-hybridized carbons (Fsp3) is 0.571. The third kappa shape index (κ3) is 3.82. The second kappa shape index (κ2) is 6.71. The molecule has 1 aromatic heterocycles. The molecule has 0 bridgehead atoms. The van der Waals surface area contributed by atoms with Crippen molar-refractivity contribution in [1.82, 2.24) is 10.2 Å². The quantitative estimate of drug-likeness (QED) is 0.912. The van der Waals surface area contributed by atoms with Crippen LogP contribution in [0.2, 0.25) is 4.34 Å². The summed E-state index contributed by atoms with van der Waals surface area (Å²) in [6.07, 6.45) is 4.43. The van der Waals surface area contributed by atoms with E-state index in [1.54, 1.807) is 11.3 Å². The Morgan fingerprint density at radius 2 is 2.39 bits per heavy atom. The van der Waals surface area contributed by atoms with Crippen molar-refractivity contribution in [1.29, 1.82) is 0 Å². The summed E-state index contributed by atoms with van der Waals surface area (Å²) in [5.41, 5.74) is 0. The summed E-state index contributed by atoms with van der Waals surface area (Å²) in [5, 5.41) is 3.48. The molecule has 1 unspecified atom stereocenters. The van der Waals surface area contributed by atoms with Crippen LogP contribution in [0.3, 0.4) is 0 Å². The molecule has 4 heteroatoms. The van der Waals surface area contributed by atoms with Crippen molar-refractivity contribution in [2.24, 2.45) is 5.92 Å². The van der Waals surface area contributed by atoms with Gasteiger partial charge in [0.2, 0.25) is 0 Å². The Hall–Kier alpha value is -0.350. The monoisotopic (exact) mass is 284 g/mol. The van der Waals surface area contributed by atoms with Gasteiger partial charge < -0.3 is 5.32 Å². The molecule has 1 aromatic rings. The second-order valence-corrected chi connectivity index (χ2v) is 6.80. The molecule has 0 aromatic carbocycles. The maximum absolute atomic E-state index is 5.92. The predicted octanol–water partition coefficient (Wildman–Crippen LogP) is 3.34. The normalized spacial score (nSPS) is 22.1. The topological polar surface area (TPSA) is 15.3 Å². The molecular formula is C14H21ClN2S. The lowest BCUT2D eigenvalue weighted by Crippen LogP contribution is -2.53. The van der Waals surface area contributed by atoms with E-state index in [0.29, 0.717) is 12.0 Å². The SMILES string of the molecule is CC(C)C1CNCCN1CC=Cc1ccc(Cl)s1. The van der Waals surface area contributed by atoms with Crippen LogP contribution in [0.25, 0.3) is 6.08 Å². The summed E-state index contributed by atoms with van der Waals surface area (Å²) in [6.45, 7) is 8.97. The lowest BCUT2D eigenvalue weighted by Gasteiger charge is -2.38. The highest BCUT2D eigenvalue weighted by atomic mass is 35.5. The Kier molecular flexibility index (Phi) is 5.25. The van der Waals surface area contributed by atoms with Gasteiger partial charge in [-0.15, -0.1) is 11.3 Å². The van der Waals surface area contributed by atoms with Gasteiger partial charge in [0.05, 0.1) is 4.34 Å².